The van der Waals surface area contributed by atoms with Crippen LogP contribution in [-0.4, -0.2) is 40.3 Å². The fourth-order valence-electron chi connectivity index (χ4n) is 3.61. The molecule has 0 spiro atoms. The smallest absolute Gasteiger partial charge is 0.331 e. The molecule has 160 valence electrons. The number of imide groups is 1. The molecule has 1 aromatic carbocycles. The maximum atomic E-state index is 12.5. The molecule has 31 heavy (non-hydrogen) atoms. The van der Waals surface area contributed by atoms with E-state index < -0.39 is 35.8 Å². The summed E-state index contributed by atoms with van der Waals surface area (Å²) in [5.41, 5.74) is -1.26. The third kappa shape index (κ3) is 4.00. The Kier molecular flexibility index (Phi) is 5.44. The minimum absolute atomic E-state index is 0.0769. The van der Waals surface area contributed by atoms with Crippen LogP contribution in [0.1, 0.15) is 17.7 Å². The molecule has 2 N–H and O–H groups in total. The van der Waals surface area contributed by atoms with Crippen molar-refractivity contribution >= 4 is 11.9 Å². The van der Waals surface area contributed by atoms with Crippen molar-refractivity contribution in [2.45, 2.75) is 32.0 Å². The Labute approximate surface area is 175 Å². The van der Waals surface area contributed by atoms with Gasteiger partial charge in [-0.1, -0.05) is 12.1 Å². The van der Waals surface area contributed by atoms with Gasteiger partial charge in [0, 0.05) is 12.2 Å². The van der Waals surface area contributed by atoms with E-state index in [4.69, 9.17) is 9.47 Å². The van der Waals surface area contributed by atoms with Crippen molar-refractivity contribution in [2.24, 2.45) is 0 Å². The molecule has 0 saturated carbocycles. The highest BCUT2D eigenvalue weighted by Gasteiger charge is 2.24. The normalized spacial score (nSPS) is 16.2. The Morgan fingerprint density at radius 2 is 2.00 bits per heavy atom. The first-order valence-electron chi connectivity index (χ1n) is 9.70. The number of fused-ring (bicyclic) bond motifs is 2. The summed E-state index contributed by atoms with van der Waals surface area (Å²) in [6.45, 7) is 0.00518. The Balaban J connectivity index is 1.36. The first kappa shape index (κ1) is 20.2. The van der Waals surface area contributed by atoms with E-state index in [1.54, 1.807) is 18.2 Å². The number of carbonyl (C=O) groups is 2. The molecule has 1 aromatic heterocycles. The van der Waals surface area contributed by atoms with Gasteiger partial charge >= 0.3 is 11.7 Å². The number of hydrogen-bond donors (Lipinski definition) is 2. The van der Waals surface area contributed by atoms with Gasteiger partial charge in [-0.05, 0) is 25.0 Å². The summed E-state index contributed by atoms with van der Waals surface area (Å²) in [5.74, 6) is 0.313. The summed E-state index contributed by atoms with van der Waals surface area (Å²) in [5, 5.41) is 13.8. The van der Waals surface area contributed by atoms with Crippen molar-refractivity contribution in [1.29, 1.82) is 5.26 Å². The number of nitrogens with one attached hydrogen (secondary N) is 2. The lowest BCUT2D eigenvalue weighted by atomic mass is 10.2. The van der Waals surface area contributed by atoms with E-state index in [1.807, 2.05) is 12.1 Å². The maximum Gasteiger partial charge on any atom is 0.331 e. The number of ether oxygens (including phenoxy) is 2. The van der Waals surface area contributed by atoms with Crippen LogP contribution in [0, 0.1) is 11.3 Å². The van der Waals surface area contributed by atoms with Crippen LogP contribution in [0.3, 0.4) is 0 Å². The minimum atomic E-state index is -0.856. The number of rotatable bonds is 4. The highest BCUT2D eigenvalue weighted by molar-refractivity contribution is 5.94. The lowest BCUT2D eigenvalue weighted by Gasteiger charge is -2.26. The number of nitrogens with zero attached hydrogens (tertiary/aromatic N) is 3. The molecule has 11 nitrogen and oxygen atoms in total. The van der Waals surface area contributed by atoms with E-state index in [0.29, 0.717) is 41.1 Å². The molecule has 0 radical (unpaired) electrons. The topological polar surface area (TPSA) is 144 Å². The van der Waals surface area contributed by atoms with Gasteiger partial charge in [0.1, 0.15) is 24.8 Å². The predicted octanol–water partition coefficient (Wildman–Crippen LogP) is -0.506. The highest BCUT2D eigenvalue weighted by Crippen LogP contribution is 2.30. The Bertz CT molecular complexity index is 1210. The van der Waals surface area contributed by atoms with Crippen molar-refractivity contribution in [3.05, 3.63) is 56.4 Å². The van der Waals surface area contributed by atoms with Gasteiger partial charge in [0.05, 0.1) is 6.54 Å². The average Bonchev–Trinajstić information content (AvgIpc) is 3.25. The fraction of sp³-hybridized carbons (Fsp3) is 0.350. The van der Waals surface area contributed by atoms with Crippen LogP contribution in [0.5, 0.6) is 11.5 Å². The second-order valence-corrected chi connectivity index (χ2v) is 7.12. The van der Waals surface area contributed by atoms with E-state index in [-0.39, 0.29) is 18.7 Å². The van der Waals surface area contributed by atoms with Crippen molar-refractivity contribution < 1.29 is 19.1 Å². The number of carbonyl (C=O) groups excluding carboxylic acids is 2. The van der Waals surface area contributed by atoms with Crippen LogP contribution < -0.4 is 31.4 Å². The van der Waals surface area contributed by atoms with E-state index in [0.717, 1.165) is 0 Å². The molecule has 0 saturated heterocycles. The Morgan fingerprint density at radius 3 is 2.77 bits per heavy atom. The van der Waals surface area contributed by atoms with Crippen LogP contribution in [0.4, 0.5) is 4.79 Å². The quantitative estimate of drug-likeness (QED) is 0.671. The van der Waals surface area contributed by atoms with E-state index in [9.17, 15) is 24.4 Å². The van der Waals surface area contributed by atoms with Gasteiger partial charge in [-0.25, -0.2) is 14.2 Å². The summed E-state index contributed by atoms with van der Waals surface area (Å²) >= 11 is 0. The molecule has 1 atom stereocenters. The Hall–Kier alpha value is -4.07. The molecule has 3 heterocycles. The van der Waals surface area contributed by atoms with Gasteiger partial charge in [0.15, 0.2) is 17.6 Å². The van der Waals surface area contributed by atoms with Crippen LogP contribution >= 0.6 is 0 Å². The molecule has 0 bridgehead atoms. The summed E-state index contributed by atoms with van der Waals surface area (Å²) in [6.07, 6.45) is 0.650. The Morgan fingerprint density at radius 1 is 1.23 bits per heavy atom. The number of urea groups is 1. The monoisotopic (exact) mass is 425 g/mol. The highest BCUT2D eigenvalue weighted by atomic mass is 16.6. The SMILES string of the molecule is N#Cc1c2n(c(=O)n(CC(=O)NC(=O)NCC3COc4ccccc4O3)c1=O)CCC2. The first-order valence-corrected chi connectivity index (χ1v) is 9.70. The van der Waals surface area contributed by atoms with Gasteiger partial charge in [-0.3, -0.25) is 19.5 Å². The number of hydrogen-bond acceptors (Lipinski definition) is 7. The van der Waals surface area contributed by atoms with Crippen molar-refractivity contribution in [2.75, 3.05) is 13.2 Å². The number of aromatic nitrogens is 2. The van der Waals surface area contributed by atoms with Crippen molar-refractivity contribution in [3.63, 3.8) is 0 Å². The van der Waals surface area contributed by atoms with Gasteiger partial charge in [-0.15, -0.1) is 0 Å². The van der Waals surface area contributed by atoms with Crippen LogP contribution in [0.25, 0.3) is 0 Å². The van der Waals surface area contributed by atoms with E-state index >= 15 is 0 Å². The first-order chi connectivity index (χ1) is 15.0. The molecule has 4 rings (SSSR count). The third-order valence-corrected chi connectivity index (χ3v) is 5.05. The van der Waals surface area contributed by atoms with Crippen molar-refractivity contribution in [3.8, 4) is 17.6 Å². The van der Waals surface area contributed by atoms with Gasteiger partial charge in [0.25, 0.3) is 5.56 Å². The molecule has 0 aliphatic carbocycles. The minimum Gasteiger partial charge on any atom is -0.486 e. The van der Waals surface area contributed by atoms with Crippen LogP contribution in [-0.2, 0) is 24.3 Å². The average molecular weight is 425 g/mol. The van der Waals surface area contributed by atoms with Crippen molar-refractivity contribution in [1.82, 2.24) is 19.8 Å². The second-order valence-electron chi connectivity index (χ2n) is 7.12. The molecule has 2 aromatic rings. The predicted molar refractivity (Wildman–Crippen MR) is 106 cm³/mol. The standard InChI is InChI=1S/C20H19N5O6/c21-8-13-14-4-3-7-24(14)20(29)25(18(13)27)10-17(26)23-19(28)22-9-12-11-30-15-5-1-2-6-16(15)31-12/h1-2,5-6,12H,3-4,7,9-11H2,(H2,22,23,26,28). The molecule has 2 aliphatic rings. The molecule has 1 unspecified atom stereocenters. The zero-order valence-corrected chi connectivity index (χ0v) is 16.4. The second kappa shape index (κ2) is 8.35. The summed E-state index contributed by atoms with van der Waals surface area (Å²) < 4.78 is 13.3. The lowest BCUT2D eigenvalue weighted by Crippen LogP contribution is -2.49. The van der Waals surface area contributed by atoms with Gasteiger partial charge in [-0.2, -0.15) is 5.26 Å². The molecule has 2 aliphatic heterocycles. The van der Waals surface area contributed by atoms with E-state index in [2.05, 4.69) is 10.6 Å². The number of nitriles is 1. The number of amides is 3. The van der Waals surface area contributed by atoms with Crippen LogP contribution in [0.15, 0.2) is 33.9 Å². The molecule has 11 heteroatoms. The van der Waals surface area contributed by atoms with Gasteiger partial charge in [0.2, 0.25) is 5.91 Å². The zero-order chi connectivity index (χ0) is 22.0. The molecular weight excluding hydrogens is 406 g/mol. The van der Waals surface area contributed by atoms with Crippen LogP contribution in [0.2, 0.25) is 0 Å². The van der Waals surface area contributed by atoms with E-state index in [1.165, 1.54) is 4.57 Å². The maximum absolute atomic E-state index is 12.5. The summed E-state index contributed by atoms with van der Waals surface area (Å²) in [7, 11) is 0. The van der Waals surface area contributed by atoms with Gasteiger partial charge < -0.3 is 14.8 Å². The summed E-state index contributed by atoms with van der Waals surface area (Å²) in [6, 6.07) is 8.13. The number of para-hydroxylation sites is 2. The number of benzene rings is 1. The zero-order valence-electron chi connectivity index (χ0n) is 16.4. The molecular formula is C20H19N5O6. The lowest BCUT2D eigenvalue weighted by molar-refractivity contribution is -0.120. The largest absolute Gasteiger partial charge is 0.486 e. The molecule has 3 amide bonds. The third-order valence-electron chi connectivity index (χ3n) is 5.05. The molecule has 0 fully saturated rings. The fourth-order valence-corrected chi connectivity index (χ4v) is 3.61. The summed E-state index contributed by atoms with van der Waals surface area (Å²) in [4.78, 5) is 49.2.